The Labute approximate surface area is 127 Å². The molecule has 3 atom stereocenters. The van der Waals surface area contributed by atoms with Gasteiger partial charge in [0.25, 0.3) is 0 Å². The first kappa shape index (κ1) is 19.7. The molecule has 0 aromatic rings. The smallest absolute Gasteiger partial charge is 0.135 e. The van der Waals surface area contributed by atoms with Crippen LogP contribution < -0.4 is 0 Å². The van der Waals surface area contributed by atoms with Crippen molar-refractivity contribution in [3.05, 3.63) is 0 Å². The van der Waals surface area contributed by atoms with Crippen molar-refractivity contribution in [3.8, 4) is 0 Å². The van der Waals surface area contributed by atoms with E-state index in [1.165, 1.54) is 25.7 Å². The highest BCUT2D eigenvalue weighted by molar-refractivity contribution is 5.80. The third kappa shape index (κ3) is 5.97. The summed E-state index contributed by atoms with van der Waals surface area (Å²) >= 11 is 0. The molecule has 0 aliphatic heterocycles. The van der Waals surface area contributed by atoms with Gasteiger partial charge in [-0.25, -0.2) is 0 Å². The number of Topliss-reactive ketones (excluding diaryl/α,β-unsaturated/α-hetero) is 1. The van der Waals surface area contributed by atoms with Gasteiger partial charge in [-0.3, -0.25) is 4.79 Å². The Morgan fingerprint density at radius 1 is 1.00 bits per heavy atom. The minimum absolute atomic E-state index is 0.223. The molecule has 0 aromatic carbocycles. The topological polar surface area (TPSA) is 17.1 Å². The Hall–Kier alpha value is -0.330. The van der Waals surface area contributed by atoms with E-state index in [-0.39, 0.29) is 5.92 Å². The Morgan fingerprint density at radius 2 is 1.55 bits per heavy atom. The van der Waals surface area contributed by atoms with E-state index < -0.39 is 0 Å². The van der Waals surface area contributed by atoms with E-state index in [9.17, 15) is 4.79 Å². The second-order valence-electron chi connectivity index (χ2n) is 7.84. The zero-order valence-electron chi connectivity index (χ0n) is 15.3. The van der Waals surface area contributed by atoms with Crippen molar-refractivity contribution in [3.63, 3.8) is 0 Å². The molecule has 120 valence electrons. The SMILES string of the molecule is CCC(=O)C(C)C(CC)CC(C)(CC)CC(C)(C)CC. The second-order valence-corrected chi connectivity index (χ2v) is 7.84. The van der Waals surface area contributed by atoms with Gasteiger partial charge in [0.15, 0.2) is 0 Å². The van der Waals surface area contributed by atoms with Gasteiger partial charge in [0.2, 0.25) is 0 Å². The van der Waals surface area contributed by atoms with Crippen LogP contribution in [0, 0.1) is 22.7 Å². The Bertz CT molecular complexity index is 292. The van der Waals surface area contributed by atoms with Crippen LogP contribution >= 0.6 is 0 Å². The van der Waals surface area contributed by atoms with Crippen molar-refractivity contribution in [2.24, 2.45) is 22.7 Å². The van der Waals surface area contributed by atoms with Crippen molar-refractivity contribution in [2.75, 3.05) is 0 Å². The number of rotatable bonds is 10. The molecule has 0 heterocycles. The summed E-state index contributed by atoms with van der Waals surface area (Å²) in [7, 11) is 0. The lowest BCUT2D eigenvalue weighted by Gasteiger charge is -2.40. The van der Waals surface area contributed by atoms with Crippen LogP contribution in [0.15, 0.2) is 0 Å². The van der Waals surface area contributed by atoms with Crippen LogP contribution in [0.4, 0.5) is 0 Å². The molecule has 0 saturated carbocycles. The summed E-state index contributed by atoms with van der Waals surface area (Å²) < 4.78 is 0. The fraction of sp³-hybridized carbons (Fsp3) is 0.947. The molecule has 20 heavy (non-hydrogen) atoms. The Balaban J connectivity index is 4.93. The summed E-state index contributed by atoms with van der Waals surface area (Å²) in [5.74, 6) is 1.20. The van der Waals surface area contributed by atoms with E-state index in [4.69, 9.17) is 0 Å². The van der Waals surface area contributed by atoms with Crippen LogP contribution in [0.1, 0.15) is 93.9 Å². The molecule has 0 radical (unpaired) electrons. The Kier molecular flexibility index (Phi) is 8.06. The average Bonchev–Trinajstić information content (AvgIpc) is 2.42. The molecule has 1 nitrogen and oxygen atoms in total. The van der Waals surface area contributed by atoms with E-state index in [2.05, 4.69) is 48.5 Å². The van der Waals surface area contributed by atoms with E-state index in [1.807, 2.05) is 6.92 Å². The highest BCUT2D eigenvalue weighted by atomic mass is 16.1. The van der Waals surface area contributed by atoms with Gasteiger partial charge in [-0.2, -0.15) is 0 Å². The number of carbonyl (C=O) groups excluding carboxylic acids is 1. The summed E-state index contributed by atoms with van der Waals surface area (Å²) in [5, 5.41) is 0. The monoisotopic (exact) mass is 282 g/mol. The zero-order valence-corrected chi connectivity index (χ0v) is 15.3. The van der Waals surface area contributed by atoms with Gasteiger partial charge in [0.05, 0.1) is 0 Å². The minimum atomic E-state index is 0.223. The van der Waals surface area contributed by atoms with Crippen LogP contribution in [0.2, 0.25) is 0 Å². The second kappa shape index (κ2) is 8.20. The van der Waals surface area contributed by atoms with Gasteiger partial charge in [0.1, 0.15) is 5.78 Å². The lowest BCUT2D eigenvalue weighted by atomic mass is 9.65. The molecule has 0 aromatic heterocycles. The van der Waals surface area contributed by atoms with E-state index in [1.54, 1.807) is 0 Å². The molecule has 0 amide bonds. The minimum Gasteiger partial charge on any atom is -0.299 e. The summed E-state index contributed by atoms with van der Waals surface area (Å²) in [6.45, 7) is 18.2. The first-order valence-corrected chi connectivity index (χ1v) is 8.67. The number of carbonyl (C=O) groups is 1. The normalized spacial score (nSPS) is 18.4. The average molecular weight is 283 g/mol. The van der Waals surface area contributed by atoms with E-state index >= 15 is 0 Å². The molecule has 1 heteroatoms. The van der Waals surface area contributed by atoms with Crippen molar-refractivity contribution >= 4 is 5.78 Å². The fourth-order valence-electron chi connectivity index (χ4n) is 3.51. The largest absolute Gasteiger partial charge is 0.299 e. The highest BCUT2D eigenvalue weighted by Crippen LogP contribution is 2.44. The van der Waals surface area contributed by atoms with Gasteiger partial charge >= 0.3 is 0 Å². The van der Waals surface area contributed by atoms with Crippen molar-refractivity contribution in [1.82, 2.24) is 0 Å². The summed E-state index contributed by atoms with van der Waals surface area (Å²) in [6.07, 6.45) is 6.69. The quantitative estimate of drug-likeness (QED) is 0.462. The lowest BCUT2D eigenvalue weighted by molar-refractivity contribution is -0.124. The molecule has 0 saturated heterocycles. The predicted molar refractivity (Wildman–Crippen MR) is 89.9 cm³/mol. The third-order valence-corrected chi connectivity index (χ3v) is 5.56. The van der Waals surface area contributed by atoms with Gasteiger partial charge in [0, 0.05) is 12.3 Å². The third-order valence-electron chi connectivity index (χ3n) is 5.56. The lowest BCUT2D eigenvalue weighted by Crippen LogP contribution is -2.31. The van der Waals surface area contributed by atoms with Crippen LogP contribution in [-0.4, -0.2) is 5.78 Å². The van der Waals surface area contributed by atoms with Crippen LogP contribution in [0.25, 0.3) is 0 Å². The predicted octanol–water partition coefficient (Wildman–Crippen LogP) is 6.26. The van der Waals surface area contributed by atoms with Crippen LogP contribution in [0.5, 0.6) is 0 Å². The maximum atomic E-state index is 12.0. The van der Waals surface area contributed by atoms with Gasteiger partial charge in [-0.1, -0.05) is 74.7 Å². The standard InChI is InChI=1S/C19H38O/c1-9-16(15(5)17(20)10-2)13-19(8,12-4)14-18(6,7)11-3/h15-16H,9-14H2,1-8H3. The van der Waals surface area contributed by atoms with E-state index in [0.717, 1.165) is 6.42 Å². The van der Waals surface area contributed by atoms with Crippen molar-refractivity contribution < 1.29 is 4.79 Å². The highest BCUT2D eigenvalue weighted by Gasteiger charge is 2.34. The van der Waals surface area contributed by atoms with Crippen LogP contribution in [-0.2, 0) is 4.79 Å². The molecular weight excluding hydrogens is 244 g/mol. The molecule has 0 spiro atoms. The zero-order chi connectivity index (χ0) is 16.0. The number of hydrogen-bond donors (Lipinski definition) is 0. The molecule has 0 bridgehead atoms. The molecule has 3 unspecified atom stereocenters. The maximum Gasteiger partial charge on any atom is 0.135 e. The molecular formula is C19H38O. The van der Waals surface area contributed by atoms with Crippen molar-refractivity contribution in [2.45, 2.75) is 93.9 Å². The summed E-state index contributed by atoms with van der Waals surface area (Å²) in [4.78, 5) is 12.0. The molecule has 0 fully saturated rings. The van der Waals surface area contributed by atoms with Crippen molar-refractivity contribution in [1.29, 1.82) is 0 Å². The molecule has 0 N–H and O–H groups in total. The fourth-order valence-corrected chi connectivity index (χ4v) is 3.51. The molecule has 0 aliphatic carbocycles. The van der Waals surface area contributed by atoms with Gasteiger partial charge < -0.3 is 0 Å². The van der Waals surface area contributed by atoms with Crippen LogP contribution in [0.3, 0.4) is 0 Å². The van der Waals surface area contributed by atoms with Gasteiger partial charge in [-0.15, -0.1) is 0 Å². The van der Waals surface area contributed by atoms with Gasteiger partial charge in [-0.05, 0) is 29.6 Å². The summed E-state index contributed by atoms with van der Waals surface area (Å²) in [5.41, 5.74) is 0.767. The summed E-state index contributed by atoms with van der Waals surface area (Å²) in [6, 6.07) is 0. The molecule has 0 aliphatic rings. The first-order chi connectivity index (χ1) is 9.14. The first-order valence-electron chi connectivity index (χ1n) is 8.67. The maximum absolute atomic E-state index is 12.0. The number of hydrogen-bond acceptors (Lipinski definition) is 1. The number of ketones is 1. The molecule has 0 rings (SSSR count). The Morgan fingerprint density at radius 3 is 1.90 bits per heavy atom. The van der Waals surface area contributed by atoms with E-state index in [0.29, 0.717) is 29.0 Å².